The Morgan fingerprint density at radius 3 is 2.34 bits per heavy atom. The predicted molar refractivity (Wildman–Crippen MR) is 96.1 cm³/mol. The molecule has 0 fully saturated rings. The van der Waals surface area contributed by atoms with Gasteiger partial charge < -0.3 is 4.57 Å². The van der Waals surface area contributed by atoms with Crippen LogP contribution in [0.15, 0.2) is 35.4 Å². The van der Waals surface area contributed by atoms with Gasteiger partial charge in [-0.15, -0.1) is 11.6 Å². The monoisotopic (exact) mass is 460 g/mol. The standard InChI is InChI=1S/C17H15ClF6N2O2S/c1-3-29(27,28)13-8-10(16(19,20)21)4-6-12(13)15-25-9-11(26(15)2)5-7-14(18)17(22,23)24/h4-9,14H,3H2,1-2H3/b7-5+. The molecule has 0 saturated carbocycles. The van der Waals surface area contributed by atoms with E-state index < -0.39 is 43.8 Å². The van der Waals surface area contributed by atoms with E-state index in [-0.39, 0.29) is 17.1 Å². The summed E-state index contributed by atoms with van der Waals surface area (Å²) in [7, 11) is -2.67. The minimum atomic E-state index is -4.75. The van der Waals surface area contributed by atoms with Gasteiger partial charge in [0.05, 0.1) is 28.1 Å². The Kier molecular flexibility index (Phi) is 6.43. The van der Waals surface area contributed by atoms with Crippen molar-refractivity contribution in [2.24, 2.45) is 7.05 Å². The number of benzene rings is 1. The highest BCUT2D eigenvalue weighted by atomic mass is 35.5. The van der Waals surface area contributed by atoms with Gasteiger partial charge in [-0.3, -0.25) is 0 Å². The van der Waals surface area contributed by atoms with Crippen molar-refractivity contribution in [3.8, 4) is 11.4 Å². The van der Waals surface area contributed by atoms with Gasteiger partial charge in [-0.2, -0.15) is 26.3 Å². The lowest BCUT2D eigenvalue weighted by Gasteiger charge is -2.14. The Labute approximate surface area is 167 Å². The number of sulfone groups is 1. The lowest BCUT2D eigenvalue weighted by molar-refractivity contribution is -0.137. The van der Waals surface area contributed by atoms with Gasteiger partial charge in [-0.1, -0.05) is 13.0 Å². The van der Waals surface area contributed by atoms with Crippen molar-refractivity contribution >= 4 is 27.5 Å². The largest absolute Gasteiger partial charge is 0.416 e. The highest BCUT2D eigenvalue weighted by molar-refractivity contribution is 7.91. The Balaban J connectivity index is 2.59. The van der Waals surface area contributed by atoms with Crippen LogP contribution in [0.3, 0.4) is 0 Å². The van der Waals surface area contributed by atoms with E-state index in [0.29, 0.717) is 18.2 Å². The lowest BCUT2D eigenvalue weighted by atomic mass is 10.1. The van der Waals surface area contributed by atoms with Crippen LogP contribution in [-0.2, 0) is 23.1 Å². The van der Waals surface area contributed by atoms with Gasteiger partial charge >= 0.3 is 12.4 Å². The fourth-order valence-corrected chi connectivity index (χ4v) is 3.60. The van der Waals surface area contributed by atoms with E-state index in [1.165, 1.54) is 18.5 Å². The predicted octanol–water partition coefficient (Wildman–Crippen LogP) is 5.08. The molecule has 1 atom stereocenters. The van der Waals surface area contributed by atoms with Crippen molar-refractivity contribution in [2.75, 3.05) is 5.75 Å². The number of halogens is 7. The molecule has 1 unspecified atom stereocenters. The molecule has 12 heteroatoms. The van der Waals surface area contributed by atoms with E-state index in [4.69, 9.17) is 11.6 Å². The fraction of sp³-hybridized carbons (Fsp3) is 0.353. The molecule has 0 spiro atoms. The molecule has 2 aromatic rings. The van der Waals surface area contributed by atoms with E-state index in [1.54, 1.807) is 0 Å². The quantitative estimate of drug-likeness (QED) is 0.462. The first-order valence-corrected chi connectivity index (χ1v) is 10.1. The minimum absolute atomic E-state index is 0.0245. The Morgan fingerprint density at radius 2 is 1.83 bits per heavy atom. The Morgan fingerprint density at radius 1 is 1.21 bits per heavy atom. The van der Waals surface area contributed by atoms with Crippen LogP contribution < -0.4 is 0 Å². The molecule has 1 aromatic carbocycles. The molecule has 29 heavy (non-hydrogen) atoms. The maximum atomic E-state index is 13.0. The highest BCUT2D eigenvalue weighted by Gasteiger charge is 2.36. The topological polar surface area (TPSA) is 52.0 Å². The van der Waals surface area contributed by atoms with Gasteiger partial charge in [0.15, 0.2) is 9.84 Å². The van der Waals surface area contributed by atoms with Crippen molar-refractivity contribution < 1.29 is 34.8 Å². The van der Waals surface area contributed by atoms with Crippen LogP contribution in [0.1, 0.15) is 18.2 Å². The van der Waals surface area contributed by atoms with Gasteiger partial charge in [0, 0.05) is 12.6 Å². The second-order valence-electron chi connectivity index (χ2n) is 5.98. The number of aromatic nitrogens is 2. The summed E-state index contributed by atoms with van der Waals surface area (Å²) in [5.74, 6) is -0.471. The fourth-order valence-electron chi connectivity index (χ4n) is 2.42. The molecule has 0 aliphatic heterocycles. The number of nitrogens with zero attached hydrogens (tertiary/aromatic N) is 2. The molecule has 0 bridgehead atoms. The molecule has 4 nitrogen and oxygen atoms in total. The second-order valence-corrected chi connectivity index (χ2v) is 8.70. The van der Waals surface area contributed by atoms with Crippen molar-refractivity contribution in [1.29, 1.82) is 0 Å². The van der Waals surface area contributed by atoms with Crippen LogP contribution in [0, 0.1) is 0 Å². The smallest absolute Gasteiger partial charge is 0.328 e. The molecular formula is C17H15ClF6N2O2S. The third-order valence-electron chi connectivity index (χ3n) is 4.04. The van der Waals surface area contributed by atoms with Gasteiger partial charge in [-0.25, -0.2) is 13.4 Å². The van der Waals surface area contributed by atoms with Crippen LogP contribution in [0.4, 0.5) is 26.3 Å². The van der Waals surface area contributed by atoms with Crippen LogP contribution in [-0.4, -0.2) is 35.3 Å². The number of imidazole rings is 1. The molecule has 160 valence electrons. The van der Waals surface area contributed by atoms with Gasteiger partial charge in [0.25, 0.3) is 0 Å². The summed E-state index contributed by atoms with van der Waals surface area (Å²) in [5, 5.41) is -2.25. The second kappa shape index (κ2) is 8.02. The molecule has 0 saturated heterocycles. The molecule has 0 radical (unpaired) electrons. The zero-order valence-corrected chi connectivity index (χ0v) is 16.6. The molecular weight excluding hydrogens is 446 g/mol. The summed E-state index contributed by atoms with van der Waals surface area (Å²) in [6.07, 6.45) is -6.53. The first-order valence-electron chi connectivity index (χ1n) is 8.03. The van der Waals surface area contributed by atoms with Crippen LogP contribution >= 0.6 is 11.6 Å². The molecule has 0 amide bonds. The Hall–Kier alpha value is -2.01. The van der Waals surface area contributed by atoms with E-state index >= 15 is 0 Å². The van der Waals surface area contributed by atoms with Gasteiger partial charge in [0.1, 0.15) is 11.2 Å². The van der Waals surface area contributed by atoms with Gasteiger partial charge in [0.2, 0.25) is 0 Å². The first-order chi connectivity index (χ1) is 13.2. The van der Waals surface area contributed by atoms with Crippen LogP contribution in [0.5, 0.6) is 0 Å². The zero-order chi connectivity index (χ0) is 22.2. The summed E-state index contributed by atoms with van der Waals surface area (Å²) in [6.45, 7) is 1.28. The van der Waals surface area contributed by atoms with Crippen LogP contribution in [0.2, 0.25) is 0 Å². The van der Waals surface area contributed by atoms with Crippen molar-refractivity contribution in [3.05, 3.63) is 41.7 Å². The molecule has 0 aliphatic rings. The van der Waals surface area contributed by atoms with E-state index in [9.17, 15) is 34.8 Å². The van der Waals surface area contributed by atoms with Crippen LogP contribution in [0.25, 0.3) is 17.5 Å². The number of hydrogen-bond donors (Lipinski definition) is 0. The normalized spacial score (nSPS) is 14.5. The van der Waals surface area contributed by atoms with E-state index in [1.807, 2.05) is 0 Å². The lowest BCUT2D eigenvalue weighted by Crippen LogP contribution is -2.20. The summed E-state index contributed by atoms with van der Waals surface area (Å²) in [4.78, 5) is 3.40. The number of allylic oxidation sites excluding steroid dienone is 1. The summed E-state index contributed by atoms with van der Waals surface area (Å²) in [6, 6.07) is 2.21. The zero-order valence-electron chi connectivity index (χ0n) is 15.0. The van der Waals surface area contributed by atoms with Crippen molar-refractivity contribution in [3.63, 3.8) is 0 Å². The van der Waals surface area contributed by atoms with Crippen molar-refractivity contribution in [1.82, 2.24) is 9.55 Å². The SMILES string of the molecule is CCS(=O)(=O)c1cc(C(F)(F)F)ccc1-c1ncc(/C=C/C(Cl)C(F)(F)F)n1C. The number of hydrogen-bond acceptors (Lipinski definition) is 3. The maximum Gasteiger partial charge on any atom is 0.416 e. The number of rotatable bonds is 5. The molecule has 0 aliphatic carbocycles. The van der Waals surface area contributed by atoms with Crippen molar-refractivity contribution in [2.45, 2.75) is 29.5 Å². The van der Waals surface area contributed by atoms with E-state index in [0.717, 1.165) is 18.3 Å². The maximum absolute atomic E-state index is 13.0. The summed E-state index contributed by atoms with van der Waals surface area (Å²) < 4.78 is 103. The number of alkyl halides is 7. The molecule has 2 rings (SSSR count). The minimum Gasteiger partial charge on any atom is -0.328 e. The first kappa shape index (κ1) is 23.3. The molecule has 1 aromatic heterocycles. The average Bonchev–Trinajstić information content (AvgIpc) is 2.98. The summed E-state index contributed by atoms with van der Waals surface area (Å²) >= 11 is 5.22. The third-order valence-corrected chi connectivity index (χ3v) is 6.20. The average molecular weight is 461 g/mol. The highest BCUT2D eigenvalue weighted by Crippen LogP contribution is 2.35. The van der Waals surface area contributed by atoms with Gasteiger partial charge in [-0.05, 0) is 24.3 Å². The Bertz CT molecular complexity index is 1030. The molecule has 1 heterocycles. The summed E-state index contributed by atoms with van der Waals surface area (Å²) in [5.41, 5.74) is -1.09. The third kappa shape index (κ3) is 5.13. The molecule has 0 N–H and O–H groups in total. The van der Waals surface area contributed by atoms with E-state index in [2.05, 4.69) is 4.98 Å².